The van der Waals surface area contributed by atoms with Crippen molar-refractivity contribution >= 4 is 33.4 Å². The van der Waals surface area contributed by atoms with E-state index in [1.807, 2.05) is 24.3 Å². The second-order valence-electron chi connectivity index (χ2n) is 4.53. The number of rotatable bonds is 4. The Kier molecular flexibility index (Phi) is 4.34. The smallest absolute Gasteiger partial charge is 0.326 e. The summed E-state index contributed by atoms with van der Waals surface area (Å²) in [6, 6.07) is 7.77. The first-order valence-corrected chi connectivity index (χ1v) is 7.05. The fourth-order valence-electron chi connectivity index (χ4n) is 1.65. The standard InChI is InChI=1S/C14H16N2O3S/c1-9(19-13(18)8-16(3)10(2)17)14-15-11-6-4-5-7-12(11)20-14/h4-7,9H,8H2,1-3H3. The Morgan fingerprint density at radius 2 is 2.10 bits per heavy atom. The molecule has 2 rings (SSSR count). The molecule has 0 bridgehead atoms. The number of ether oxygens (including phenoxy) is 1. The van der Waals surface area contributed by atoms with Crippen LogP contribution < -0.4 is 0 Å². The van der Waals surface area contributed by atoms with Crippen LogP contribution in [0.5, 0.6) is 0 Å². The summed E-state index contributed by atoms with van der Waals surface area (Å²) in [6.07, 6.45) is -0.416. The molecule has 0 N–H and O–H groups in total. The number of aromatic nitrogens is 1. The minimum absolute atomic E-state index is 0.0510. The summed E-state index contributed by atoms with van der Waals surface area (Å²) < 4.78 is 6.36. The third-order valence-corrected chi connectivity index (χ3v) is 4.07. The average molecular weight is 292 g/mol. The molecule has 6 heteroatoms. The first-order chi connectivity index (χ1) is 9.47. The molecule has 20 heavy (non-hydrogen) atoms. The summed E-state index contributed by atoms with van der Waals surface area (Å²) in [5.41, 5.74) is 0.899. The fourth-order valence-corrected chi connectivity index (χ4v) is 2.60. The molecule has 0 radical (unpaired) electrons. The van der Waals surface area contributed by atoms with Gasteiger partial charge in [0.15, 0.2) is 6.10 Å². The van der Waals surface area contributed by atoms with Crippen molar-refractivity contribution in [3.63, 3.8) is 0 Å². The molecule has 5 nitrogen and oxygen atoms in total. The number of hydrogen-bond donors (Lipinski definition) is 0. The van der Waals surface area contributed by atoms with Gasteiger partial charge in [-0.05, 0) is 19.1 Å². The fraction of sp³-hybridized carbons (Fsp3) is 0.357. The number of carbonyl (C=O) groups is 2. The first kappa shape index (κ1) is 14.5. The van der Waals surface area contributed by atoms with Gasteiger partial charge in [-0.3, -0.25) is 9.59 Å². The van der Waals surface area contributed by atoms with E-state index >= 15 is 0 Å². The number of carbonyl (C=O) groups excluding carboxylic acids is 2. The normalized spacial score (nSPS) is 12.2. The Hall–Kier alpha value is -1.95. The molecule has 1 heterocycles. The minimum atomic E-state index is -0.436. The summed E-state index contributed by atoms with van der Waals surface area (Å²) >= 11 is 1.50. The summed E-state index contributed by atoms with van der Waals surface area (Å²) in [5, 5.41) is 0.755. The minimum Gasteiger partial charge on any atom is -0.454 e. The van der Waals surface area contributed by atoms with Crippen LogP contribution >= 0.6 is 11.3 Å². The van der Waals surface area contributed by atoms with Crippen LogP contribution in [0.15, 0.2) is 24.3 Å². The largest absolute Gasteiger partial charge is 0.454 e. The van der Waals surface area contributed by atoms with Crippen LogP contribution in [0.3, 0.4) is 0 Å². The van der Waals surface area contributed by atoms with E-state index in [1.165, 1.54) is 23.2 Å². The molecular weight excluding hydrogens is 276 g/mol. The molecule has 0 fully saturated rings. The van der Waals surface area contributed by atoms with Gasteiger partial charge in [0.05, 0.1) is 10.2 Å². The van der Waals surface area contributed by atoms with Gasteiger partial charge in [0.2, 0.25) is 5.91 Å². The van der Waals surface area contributed by atoms with Gasteiger partial charge in [-0.2, -0.15) is 0 Å². The van der Waals surface area contributed by atoms with Crippen molar-refractivity contribution in [3.8, 4) is 0 Å². The summed E-state index contributed by atoms with van der Waals surface area (Å²) in [6.45, 7) is 3.14. The quantitative estimate of drug-likeness (QED) is 0.812. The molecule has 0 aliphatic heterocycles. The lowest BCUT2D eigenvalue weighted by Crippen LogP contribution is -2.31. The van der Waals surface area contributed by atoms with Crippen LogP contribution in [0, 0.1) is 0 Å². The van der Waals surface area contributed by atoms with Crippen molar-refractivity contribution in [2.45, 2.75) is 20.0 Å². The lowest BCUT2D eigenvalue weighted by molar-refractivity contribution is -0.152. The SMILES string of the molecule is CC(=O)N(C)CC(=O)OC(C)c1nc2ccccc2s1. The van der Waals surface area contributed by atoms with E-state index in [4.69, 9.17) is 4.74 Å². The number of hydrogen-bond acceptors (Lipinski definition) is 5. The number of fused-ring (bicyclic) bond motifs is 1. The predicted octanol–water partition coefficient (Wildman–Crippen LogP) is 2.38. The molecule has 1 aromatic carbocycles. The van der Waals surface area contributed by atoms with E-state index in [0.717, 1.165) is 15.2 Å². The van der Waals surface area contributed by atoms with Crippen molar-refractivity contribution in [1.29, 1.82) is 0 Å². The number of para-hydroxylation sites is 1. The highest BCUT2D eigenvalue weighted by Gasteiger charge is 2.17. The highest BCUT2D eigenvalue weighted by atomic mass is 32.1. The zero-order valence-corrected chi connectivity index (χ0v) is 12.4. The van der Waals surface area contributed by atoms with Crippen LogP contribution in [0.4, 0.5) is 0 Å². The predicted molar refractivity (Wildman–Crippen MR) is 77.4 cm³/mol. The molecule has 0 saturated heterocycles. The molecule has 2 aromatic rings. The van der Waals surface area contributed by atoms with Crippen molar-refractivity contribution in [2.24, 2.45) is 0 Å². The lowest BCUT2D eigenvalue weighted by atomic mass is 10.3. The molecule has 1 atom stereocenters. The third-order valence-electron chi connectivity index (χ3n) is 2.87. The Morgan fingerprint density at radius 1 is 1.40 bits per heavy atom. The van der Waals surface area contributed by atoms with Gasteiger partial charge in [-0.15, -0.1) is 11.3 Å². The molecule has 1 amide bonds. The topological polar surface area (TPSA) is 59.5 Å². The van der Waals surface area contributed by atoms with Crippen LogP contribution in [-0.4, -0.2) is 35.4 Å². The zero-order chi connectivity index (χ0) is 14.7. The van der Waals surface area contributed by atoms with E-state index in [2.05, 4.69) is 4.98 Å². The first-order valence-electron chi connectivity index (χ1n) is 6.24. The van der Waals surface area contributed by atoms with Gasteiger partial charge in [0.1, 0.15) is 11.6 Å². The van der Waals surface area contributed by atoms with Crippen LogP contribution in [0.2, 0.25) is 0 Å². The van der Waals surface area contributed by atoms with E-state index in [0.29, 0.717) is 0 Å². The molecular formula is C14H16N2O3S. The Labute approximate surface area is 121 Å². The van der Waals surface area contributed by atoms with Crippen molar-refractivity contribution in [3.05, 3.63) is 29.3 Å². The molecule has 0 aliphatic rings. The van der Waals surface area contributed by atoms with Crippen LogP contribution in [0.1, 0.15) is 25.0 Å². The van der Waals surface area contributed by atoms with E-state index in [1.54, 1.807) is 14.0 Å². The lowest BCUT2D eigenvalue weighted by Gasteiger charge is -2.16. The number of benzene rings is 1. The molecule has 0 saturated carbocycles. The van der Waals surface area contributed by atoms with Crippen LogP contribution in [-0.2, 0) is 14.3 Å². The monoisotopic (exact) mass is 292 g/mol. The van der Waals surface area contributed by atoms with Gasteiger partial charge in [-0.1, -0.05) is 12.1 Å². The molecule has 0 aliphatic carbocycles. The van der Waals surface area contributed by atoms with Crippen molar-refractivity contribution in [2.75, 3.05) is 13.6 Å². The number of esters is 1. The number of nitrogens with zero attached hydrogens (tertiary/aromatic N) is 2. The summed E-state index contributed by atoms with van der Waals surface area (Å²) in [7, 11) is 1.56. The van der Waals surface area contributed by atoms with Crippen molar-refractivity contribution < 1.29 is 14.3 Å². The zero-order valence-electron chi connectivity index (χ0n) is 11.6. The molecule has 1 unspecified atom stereocenters. The van der Waals surface area contributed by atoms with Gasteiger partial charge in [0.25, 0.3) is 0 Å². The maximum absolute atomic E-state index is 11.7. The maximum Gasteiger partial charge on any atom is 0.326 e. The Balaban J connectivity index is 2.02. The van der Waals surface area contributed by atoms with E-state index < -0.39 is 12.1 Å². The number of amides is 1. The van der Waals surface area contributed by atoms with Gasteiger partial charge < -0.3 is 9.64 Å². The van der Waals surface area contributed by atoms with Gasteiger partial charge in [0, 0.05) is 14.0 Å². The second kappa shape index (κ2) is 6.00. The van der Waals surface area contributed by atoms with Crippen molar-refractivity contribution in [1.82, 2.24) is 9.88 Å². The average Bonchev–Trinajstić information content (AvgIpc) is 2.82. The van der Waals surface area contributed by atoms with E-state index in [-0.39, 0.29) is 12.5 Å². The number of thiazole rings is 1. The highest BCUT2D eigenvalue weighted by Crippen LogP contribution is 2.27. The third kappa shape index (κ3) is 3.33. The number of likely N-dealkylation sites (N-methyl/N-ethyl adjacent to an activating group) is 1. The molecule has 106 valence electrons. The maximum atomic E-state index is 11.7. The highest BCUT2D eigenvalue weighted by molar-refractivity contribution is 7.18. The Bertz CT molecular complexity index is 605. The van der Waals surface area contributed by atoms with Crippen LogP contribution in [0.25, 0.3) is 10.2 Å². The Morgan fingerprint density at radius 3 is 2.75 bits per heavy atom. The molecule has 1 aromatic heterocycles. The summed E-state index contributed by atoms with van der Waals surface area (Å²) in [5.74, 6) is -0.607. The van der Waals surface area contributed by atoms with Gasteiger partial charge >= 0.3 is 5.97 Å². The molecule has 0 spiro atoms. The second-order valence-corrected chi connectivity index (χ2v) is 5.59. The van der Waals surface area contributed by atoms with Gasteiger partial charge in [-0.25, -0.2) is 4.98 Å². The summed E-state index contributed by atoms with van der Waals surface area (Å²) in [4.78, 5) is 28.5. The van der Waals surface area contributed by atoms with E-state index in [9.17, 15) is 9.59 Å².